The Hall–Kier alpha value is -1.55. The first kappa shape index (κ1) is 15.8. The maximum atomic E-state index is 12.1. The molecule has 0 spiro atoms. The van der Waals surface area contributed by atoms with Gasteiger partial charge in [0.2, 0.25) is 5.91 Å². The van der Waals surface area contributed by atoms with E-state index in [1.54, 1.807) is 0 Å². The number of amides is 1. The monoisotopic (exact) mass is 289 g/mol. The summed E-state index contributed by atoms with van der Waals surface area (Å²) in [5, 5.41) is 2.99. The van der Waals surface area contributed by atoms with Crippen LogP contribution >= 0.6 is 0 Å². The summed E-state index contributed by atoms with van der Waals surface area (Å²) in [4.78, 5) is 14.5. The summed E-state index contributed by atoms with van der Waals surface area (Å²) >= 11 is 0. The fourth-order valence-corrected chi connectivity index (χ4v) is 2.68. The standard InChI is InChI=1S/C17H27N3O/c1-12(11-19-16(21)15(18)17(2,3)4)20-10-9-13-7-5-6-8-14(13)20/h5-8,12,15H,9-11,18H2,1-4H3,(H,19,21)/t12?,15-/m1/s1. The van der Waals surface area contributed by atoms with Gasteiger partial charge in [-0.15, -0.1) is 0 Å². The second-order valence-corrected chi connectivity index (χ2v) is 7.01. The van der Waals surface area contributed by atoms with Crippen LogP contribution < -0.4 is 16.0 Å². The lowest BCUT2D eigenvalue weighted by Gasteiger charge is -2.30. The molecule has 4 nitrogen and oxygen atoms in total. The maximum absolute atomic E-state index is 12.1. The summed E-state index contributed by atoms with van der Waals surface area (Å²) in [5.41, 5.74) is 8.45. The number of nitrogens with two attached hydrogens (primary N) is 1. The third-order valence-electron chi connectivity index (χ3n) is 4.24. The Balaban J connectivity index is 1.92. The molecule has 0 saturated carbocycles. The molecule has 4 heteroatoms. The number of nitrogens with one attached hydrogen (secondary N) is 1. The van der Waals surface area contributed by atoms with Gasteiger partial charge in [-0.1, -0.05) is 39.0 Å². The highest BCUT2D eigenvalue weighted by Gasteiger charge is 2.28. The minimum atomic E-state index is -0.476. The molecule has 0 fully saturated rings. The highest BCUT2D eigenvalue weighted by atomic mass is 16.2. The highest BCUT2D eigenvalue weighted by molar-refractivity contribution is 5.82. The molecule has 2 rings (SSSR count). The van der Waals surface area contributed by atoms with Crippen molar-refractivity contribution in [3.8, 4) is 0 Å². The van der Waals surface area contributed by atoms with Crippen LogP contribution in [0, 0.1) is 5.41 Å². The zero-order valence-electron chi connectivity index (χ0n) is 13.5. The molecule has 1 unspecified atom stereocenters. The Labute approximate surface area is 127 Å². The third-order valence-corrected chi connectivity index (χ3v) is 4.24. The smallest absolute Gasteiger partial charge is 0.237 e. The lowest BCUT2D eigenvalue weighted by atomic mass is 9.87. The van der Waals surface area contributed by atoms with Crippen molar-refractivity contribution in [2.75, 3.05) is 18.0 Å². The number of benzene rings is 1. The van der Waals surface area contributed by atoms with E-state index >= 15 is 0 Å². The highest BCUT2D eigenvalue weighted by Crippen LogP contribution is 2.28. The van der Waals surface area contributed by atoms with E-state index in [2.05, 4.69) is 41.4 Å². The van der Waals surface area contributed by atoms with E-state index in [-0.39, 0.29) is 17.4 Å². The summed E-state index contributed by atoms with van der Waals surface area (Å²) in [6.07, 6.45) is 1.08. The van der Waals surface area contributed by atoms with Gasteiger partial charge in [0.1, 0.15) is 0 Å². The van der Waals surface area contributed by atoms with Crippen molar-refractivity contribution in [2.45, 2.75) is 46.2 Å². The van der Waals surface area contributed by atoms with Crippen LogP contribution in [0.15, 0.2) is 24.3 Å². The van der Waals surface area contributed by atoms with E-state index in [1.165, 1.54) is 11.3 Å². The second kappa shape index (κ2) is 6.06. The Kier molecular flexibility index (Phi) is 4.57. The number of rotatable bonds is 4. The zero-order chi connectivity index (χ0) is 15.6. The number of hydrogen-bond donors (Lipinski definition) is 2. The van der Waals surface area contributed by atoms with Crippen LogP contribution in [0.2, 0.25) is 0 Å². The van der Waals surface area contributed by atoms with Crippen LogP contribution in [-0.2, 0) is 11.2 Å². The SMILES string of the molecule is CC(CNC(=O)[C@@H](N)C(C)(C)C)N1CCc2ccccc21. The average molecular weight is 289 g/mol. The minimum Gasteiger partial charge on any atom is -0.366 e. The van der Waals surface area contributed by atoms with Gasteiger partial charge < -0.3 is 16.0 Å². The molecule has 0 bridgehead atoms. The molecule has 1 aliphatic rings. The normalized spacial score (nSPS) is 17.3. The van der Waals surface area contributed by atoms with Crippen LogP contribution in [-0.4, -0.2) is 31.1 Å². The minimum absolute atomic E-state index is 0.0677. The van der Waals surface area contributed by atoms with E-state index in [4.69, 9.17) is 5.73 Å². The van der Waals surface area contributed by atoms with Crippen molar-refractivity contribution in [3.63, 3.8) is 0 Å². The van der Waals surface area contributed by atoms with Crippen LogP contribution in [0.5, 0.6) is 0 Å². The van der Waals surface area contributed by atoms with Gasteiger partial charge in [0, 0.05) is 24.8 Å². The number of anilines is 1. The predicted octanol–water partition coefficient (Wildman–Crippen LogP) is 1.93. The molecule has 3 N–H and O–H groups in total. The molecule has 2 atom stereocenters. The average Bonchev–Trinajstić information content (AvgIpc) is 2.86. The van der Waals surface area contributed by atoms with Crippen molar-refractivity contribution in [3.05, 3.63) is 29.8 Å². The molecule has 0 radical (unpaired) electrons. The van der Waals surface area contributed by atoms with Gasteiger partial charge in [0.05, 0.1) is 6.04 Å². The van der Waals surface area contributed by atoms with Gasteiger partial charge in [0.15, 0.2) is 0 Å². The molecular formula is C17H27N3O. The first-order valence-electron chi connectivity index (χ1n) is 7.68. The number of para-hydroxylation sites is 1. The van der Waals surface area contributed by atoms with E-state index in [1.807, 2.05) is 20.8 Å². The van der Waals surface area contributed by atoms with Crippen LogP contribution in [0.3, 0.4) is 0 Å². The number of hydrogen-bond acceptors (Lipinski definition) is 3. The summed E-state index contributed by atoms with van der Waals surface area (Å²) < 4.78 is 0. The fraction of sp³-hybridized carbons (Fsp3) is 0.588. The van der Waals surface area contributed by atoms with Crippen molar-refractivity contribution in [2.24, 2.45) is 11.1 Å². The molecule has 1 amide bonds. The van der Waals surface area contributed by atoms with Gasteiger partial charge in [-0.3, -0.25) is 4.79 Å². The zero-order valence-corrected chi connectivity index (χ0v) is 13.5. The molecule has 1 heterocycles. The van der Waals surface area contributed by atoms with Gasteiger partial charge in [-0.05, 0) is 30.4 Å². The molecule has 1 aromatic rings. The molecule has 0 aromatic heterocycles. The molecule has 0 saturated heterocycles. The van der Waals surface area contributed by atoms with Crippen LogP contribution in [0.1, 0.15) is 33.3 Å². The number of fused-ring (bicyclic) bond motifs is 1. The van der Waals surface area contributed by atoms with E-state index < -0.39 is 6.04 Å². The van der Waals surface area contributed by atoms with Crippen molar-refractivity contribution in [1.82, 2.24) is 5.32 Å². The van der Waals surface area contributed by atoms with Gasteiger partial charge >= 0.3 is 0 Å². The summed E-state index contributed by atoms with van der Waals surface area (Å²) in [6.45, 7) is 9.73. The number of carbonyl (C=O) groups is 1. The second-order valence-electron chi connectivity index (χ2n) is 7.01. The van der Waals surface area contributed by atoms with Gasteiger partial charge in [-0.25, -0.2) is 0 Å². The molecular weight excluding hydrogens is 262 g/mol. The Morgan fingerprint density at radius 2 is 2.05 bits per heavy atom. The Morgan fingerprint density at radius 3 is 2.71 bits per heavy atom. The fourth-order valence-electron chi connectivity index (χ4n) is 2.68. The Morgan fingerprint density at radius 1 is 1.38 bits per heavy atom. The topological polar surface area (TPSA) is 58.4 Å². The lowest BCUT2D eigenvalue weighted by Crippen LogP contribution is -2.51. The van der Waals surface area contributed by atoms with Crippen LogP contribution in [0.25, 0.3) is 0 Å². The molecule has 1 aromatic carbocycles. The van der Waals surface area contributed by atoms with E-state index in [9.17, 15) is 4.79 Å². The van der Waals surface area contributed by atoms with Gasteiger partial charge in [-0.2, -0.15) is 0 Å². The van der Waals surface area contributed by atoms with E-state index in [0.29, 0.717) is 6.54 Å². The van der Waals surface area contributed by atoms with Gasteiger partial charge in [0.25, 0.3) is 0 Å². The number of carbonyl (C=O) groups excluding carboxylic acids is 1. The molecule has 0 aliphatic carbocycles. The molecule has 1 aliphatic heterocycles. The third kappa shape index (κ3) is 3.56. The lowest BCUT2D eigenvalue weighted by molar-refractivity contribution is -0.124. The van der Waals surface area contributed by atoms with Crippen molar-refractivity contribution < 1.29 is 4.79 Å². The molecule has 116 valence electrons. The summed E-state index contributed by atoms with van der Waals surface area (Å²) in [7, 11) is 0. The summed E-state index contributed by atoms with van der Waals surface area (Å²) in [6, 6.07) is 8.27. The Bertz CT molecular complexity index is 507. The van der Waals surface area contributed by atoms with E-state index in [0.717, 1.165) is 13.0 Å². The van der Waals surface area contributed by atoms with Crippen LogP contribution in [0.4, 0.5) is 5.69 Å². The molecule has 21 heavy (non-hydrogen) atoms. The first-order chi connectivity index (χ1) is 9.80. The quantitative estimate of drug-likeness (QED) is 0.890. The largest absolute Gasteiger partial charge is 0.366 e. The summed E-state index contributed by atoms with van der Waals surface area (Å²) in [5.74, 6) is -0.0677. The van der Waals surface area contributed by atoms with Crippen molar-refractivity contribution in [1.29, 1.82) is 0 Å². The maximum Gasteiger partial charge on any atom is 0.237 e. The van der Waals surface area contributed by atoms with Crippen molar-refractivity contribution >= 4 is 11.6 Å². The first-order valence-corrected chi connectivity index (χ1v) is 7.68. The predicted molar refractivity (Wildman–Crippen MR) is 87.4 cm³/mol. The number of nitrogens with zero attached hydrogens (tertiary/aromatic N) is 1.